The largest absolute Gasteiger partial charge is 0.419 e. The minimum absolute atomic E-state index is 0.478. The molecule has 0 atom stereocenters. The van der Waals surface area contributed by atoms with Crippen LogP contribution in [0.1, 0.15) is 5.89 Å². The maximum absolute atomic E-state index is 5.62. The predicted molar refractivity (Wildman–Crippen MR) is 66.4 cm³/mol. The van der Waals surface area contributed by atoms with Gasteiger partial charge in [-0.25, -0.2) is 0 Å². The topological polar surface area (TPSA) is 51.0 Å². The van der Waals surface area contributed by atoms with Gasteiger partial charge < -0.3 is 9.73 Å². The van der Waals surface area contributed by atoms with Gasteiger partial charge in [0.25, 0.3) is 0 Å². The van der Waals surface area contributed by atoms with E-state index < -0.39 is 0 Å². The number of aromatic nitrogens is 2. The maximum Gasteiger partial charge on any atom is 0.247 e. The van der Waals surface area contributed by atoms with Gasteiger partial charge in [0.15, 0.2) is 0 Å². The fourth-order valence-corrected chi connectivity index (χ4v) is 1.42. The highest BCUT2D eigenvalue weighted by Gasteiger charge is 2.07. The van der Waals surface area contributed by atoms with Gasteiger partial charge in [-0.05, 0) is 12.1 Å². The number of nitrogens with one attached hydrogen (secondary N) is 1. The lowest BCUT2D eigenvalue weighted by Crippen LogP contribution is -2.14. The first kappa shape index (κ1) is 11.8. The van der Waals surface area contributed by atoms with Crippen LogP contribution in [0.15, 0.2) is 46.4 Å². The molecule has 2 aromatic rings. The first-order valence-electron chi connectivity index (χ1n) is 5.17. The van der Waals surface area contributed by atoms with E-state index in [0.717, 1.165) is 5.56 Å². The molecule has 0 bridgehead atoms. The quantitative estimate of drug-likeness (QED) is 0.885. The van der Waals surface area contributed by atoms with Crippen molar-refractivity contribution < 1.29 is 4.42 Å². The highest BCUT2D eigenvalue weighted by atomic mass is 35.5. The minimum atomic E-state index is 0.478. The Labute approximate surface area is 104 Å². The highest BCUT2D eigenvalue weighted by Crippen LogP contribution is 2.16. The molecular formula is C12H12ClN3O. The van der Waals surface area contributed by atoms with Gasteiger partial charge in [-0.2, -0.15) is 0 Å². The Hall–Kier alpha value is -1.65. The maximum atomic E-state index is 5.62. The number of rotatable bonds is 5. The molecule has 0 saturated heterocycles. The van der Waals surface area contributed by atoms with Gasteiger partial charge in [-0.3, -0.25) is 0 Å². The average Bonchev–Trinajstić information content (AvgIpc) is 2.78. The molecule has 0 amide bonds. The van der Waals surface area contributed by atoms with Crippen molar-refractivity contribution >= 4 is 11.6 Å². The van der Waals surface area contributed by atoms with Crippen LogP contribution in [-0.2, 0) is 6.54 Å². The van der Waals surface area contributed by atoms with Crippen LogP contribution in [0.4, 0.5) is 0 Å². The van der Waals surface area contributed by atoms with Crippen LogP contribution in [0.2, 0.25) is 0 Å². The zero-order valence-electron chi connectivity index (χ0n) is 9.19. The van der Waals surface area contributed by atoms with E-state index in [0.29, 0.717) is 29.9 Å². The Bertz CT molecular complexity index is 495. The summed E-state index contributed by atoms with van der Waals surface area (Å²) in [4.78, 5) is 0. The van der Waals surface area contributed by atoms with Crippen molar-refractivity contribution in [2.75, 3.05) is 6.54 Å². The summed E-state index contributed by atoms with van der Waals surface area (Å²) in [5.74, 6) is 1.05. The fraction of sp³-hybridized carbons (Fsp3) is 0.167. The van der Waals surface area contributed by atoms with Crippen LogP contribution < -0.4 is 5.32 Å². The summed E-state index contributed by atoms with van der Waals surface area (Å²) in [5.41, 5.74) is 0.910. The monoisotopic (exact) mass is 249 g/mol. The molecule has 2 rings (SSSR count). The second-order valence-corrected chi connectivity index (χ2v) is 4.02. The third-order valence-electron chi connectivity index (χ3n) is 2.08. The van der Waals surface area contributed by atoms with E-state index in [1.165, 1.54) is 0 Å². The normalized spacial score (nSPS) is 10.4. The molecule has 88 valence electrons. The molecule has 0 spiro atoms. The first-order valence-corrected chi connectivity index (χ1v) is 5.55. The van der Waals surface area contributed by atoms with Gasteiger partial charge in [0, 0.05) is 17.1 Å². The Morgan fingerprint density at radius 1 is 1.29 bits per heavy atom. The lowest BCUT2D eigenvalue weighted by Gasteiger charge is -1.97. The summed E-state index contributed by atoms with van der Waals surface area (Å²) in [7, 11) is 0. The predicted octanol–water partition coefficient (Wildman–Crippen LogP) is 2.58. The van der Waals surface area contributed by atoms with Crippen LogP contribution in [-0.4, -0.2) is 16.7 Å². The molecule has 4 nitrogen and oxygen atoms in total. The average molecular weight is 250 g/mol. The smallest absolute Gasteiger partial charge is 0.247 e. The second-order valence-electron chi connectivity index (χ2n) is 3.49. The molecule has 1 aromatic heterocycles. The Morgan fingerprint density at radius 2 is 2.06 bits per heavy atom. The summed E-state index contributed by atoms with van der Waals surface area (Å²) in [6, 6.07) is 9.63. The Balaban J connectivity index is 1.99. The first-order chi connectivity index (χ1) is 8.25. The zero-order valence-corrected chi connectivity index (χ0v) is 9.94. The molecule has 0 unspecified atom stereocenters. The van der Waals surface area contributed by atoms with Gasteiger partial charge in [0.2, 0.25) is 11.8 Å². The summed E-state index contributed by atoms with van der Waals surface area (Å²) in [6.07, 6.45) is 0. The lowest BCUT2D eigenvalue weighted by atomic mass is 10.2. The van der Waals surface area contributed by atoms with Crippen LogP contribution in [0.25, 0.3) is 11.5 Å². The number of nitrogens with zero attached hydrogens (tertiary/aromatic N) is 2. The number of halogens is 1. The molecule has 0 aliphatic carbocycles. The molecule has 1 aromatic carbocycles. The van der Waals surface area contributed by atoms with Gasteiger partial charge in [0.05, 0.1) is 6.54 Å². The third-order valence-corrected chi connectivity index (χ3v) is 2.21. The molecule has 0 aliphatic heterocycles. The summed E-state index contributed by atoms with van der Waals surface area (Å²) in [5, 5.41) is 11.5. The van der Waals surface area contributed by atoms with Crippen molar-refractivity contribution in [1.82, 2.24) is 15.5 Å². The summed E-state index contributed by atoms with van der Waals surface area (Å²) in [6.45, 7) is 4.57. The standard InChI is InChI=1S/C12H12ClN3O/c1-9(13)7-14-8-11-15-16-12(17-11)10-5-3-2-4-6-10/h2-6,14H,1,7-8H2. The van der Waals surface area contributed by atoms with Crippen molar-refractivity contribution in [3.63, 3.8) is 0 Å². The zero-order chi connectivity index (χ0) is 12.1. The van der Waals surface area contributed by atoms with E-state index in [2.05, 4.69) is 22.1 Å². The van der Waals surface area contributed by atoms with E-state index >= 15 is 0 Å². The van der Waals surface area contributed by atoms with Crippen molar-refractivity contribution in [3.8, 4) is 11.5 Å². The van der Waals surface area contributed by atoms with Crippen molar-refractivity contribution in [1.29, 1.82) is 0 Å². The van der Waals surface area contributed by atoms with E-state index in [4.69, 9.17) is 16.0 Å². The molecule has 0 saturated carbocycles. The van der Waals surface area contributed by atoms with Crippen molar-refractivity contribution in [2.45, 2.75) is 6.54 Å². The van der Waals surface area contributed by atoms with Gasteiger partial charge in [0.1, 0.15) is 0 Å². The molecule has 17 heavy (non-hydrogen) atoms. The fourth-order valence-electron chi connectivity index (χ4n) is 1.33. The van der Waals surface area contributed by atoms with E-state index in [-0.39, 0.29) is 0 Å². The van der Waals surface area contributed by atoms with E-state index in [9.17, 15) is 0 Å². The molecule has 0 fully saturated rings. The van der Waals surface area contributed by atoms with Gasteiger partial charge in [-0.1, -0.05) is 36.4 Å². The molecule has 0 aliphatic rings. The van der Waals surface area contributed by atoms with Crippen LogP contribution >= 0.6 is 11.6 Å². The SMILES string of the molecule is C=C(Cl)CNCc1nnc(-c2ccccc2)o1. The Kier molecular flexibility index (Phi) is 3.90. The van der Waals surface area contributed by atoms with Crippen LogP contribution in [0, 0.1) is 0 Å². The Morgan fingerprint density at radius 3 is 2.76 bits per heavy atom. The molecular weight excluding hydrogens is 238 g/mol. The molecule has 0 radical (unpaired) electrons. The molecule has 5 heteroatoms. The minimum Gasteiger partial charge on any atom is -0.419 e. The lowest BCUT2D eigenvalue weighted by molar-refractivity contribution is 0.485. The van der Waals surface area contributed by atoms with Crippen molar-refractivity contribution in [3.05, 3.63) is 47.8 Å². The number of benzene rings is 1. The molecule has 1 heterocycles. The van der Waals surface area contributed by atoms with E-state index in [1.807, 2.05) is 30.3 Å². The van der Waals surface area contributed by atoms with Crippen LogP contribution in [0.5, 0.6) is 0 Å². The summed E-state index contributed by atoms with van der Waals surface area (Å²) >= 11 is 5.62. The summed E-state index contributed by atoms with van der Waals surface area (Å²) < 4.78 is 5.49. The van der Waals surface area contributed by atoms with Crippen molar-refractivity contribution in [2.24, 2.45) is 0 Å². The highest BCUT2D eigenvalue weighted by molar-refractivity contribution is 6.29. The molecule has 1 N–H and O–H groups in total. The van der Waals surface area contributed by atoms with Gasteiger partial charge >= 0.3 is 0 Å². The van der Waals surface area contributed by atoms with E-state index in [1.54, 1.807) is 0 Å². The van der Waals surface area contributed by atoms with Crippen LogP contribution in [0.3, 0.4) is 0 Å². The third kappa shape index (κ3) is 3.41. The van der Waals surface area contributed by atoms with Gasteiger partial charge in [-0.15, -0.1) is 10.2 Å². The number of hydrogen-bond donors (Lipinski definition) is 1. The second kappa shape index (κ2) is 5.61. The number of hydrogen-bond acceptors (Lipinski definition) is 4.